The number of carbonyl (C=O) groups is 1. The van der Waals surface area contributed by atoms with Crippen LogP contribution in [0.1, 0.15) is 28.7 Å². The Bertz CT molecular complexity index is 547. The molecule has 1 heterocycles. The number of aromatic nitrogens is 2. The molecule has 0 fully saturated rings. The van der Waals surface area contributed by atoms with Crippen molar-refractivity contribution in [2.75, 3.05) is 0 Å². The van der Waals surface area contributed by atoms with Crippen molar-refractivity contribution in [3.63, 3.8) is 0 Å². The van der Waals surface area contributed by atoms with Crippen molar-refractivity contribution in [2.45, 2.75) is 20.8 Å². The third kappa shape index (κ3) is 1.73. The molecule has 0 saturated heterocycles. The molecule has 3 heteroatoms. The van der Waals surface area contributed by atoms with E-state index in [0.717, 1.165) is 16.6 Å². The molecule has 0 saturated carbocycles. The Balaban J connectivity index is 2.76. The predicted molar refractivity (Wildman–Crippen MR) is 59.0 cm³/mol. The molecule has 76 valence electrons. The summed E-state index contributed by atoms with van der Waals surface area (Å²) < 4.78 is 0. The smallest absolute Gasteiger partial charge is 0.179 e. The Hall–Kier alpha value is -1.77. The Labute approximate surface area is 88.2 Å². The second-order valence-corrected chi connectivity index (χ2v) is 3.71. The molecule has 0 bridgehead atoms. The van der Waals surface area contributed by atoms with Crippen LogP contribution in [0, 0.1) is 13.8 Å². The molecule has 1 aromatic carbocycles. The Morgan fingerprint density at radius 3 is 2.53 bits per heavy atom. The summed E-state index contributed by atoms with van der Waals surface area (Å²) in [7, 11) is 0. The fourth-order valence-electron chi connectivity index (χ4n) is 1.59. The van der Waals surface area contributed by atoms with Crippen molar-refractivity contribution >= 4 is 16.8 Å². The maximum atomic E-state index is 11.3. The van der Waals surface area contributed by atoms with Crippen LogP contribution >= 0.6 is 0 Å². The van der Waals surface area contributed by atoms with Crippen molar-refractivity contribution in [3.05, 3.63) is 35.2 Å². The van der Waals surface area contributed by atoms with Gasteiger partial charge in [-0.15, -0.1) is 0 Å². The Morgan fingerprint density at radius 2 is 1.87 bits per heavy atom. The minimum Gasteiger partial charge on any atom is -0.293 e. The molecular formula is C12H12N2O. The van der Waals surface area contributed by atoms with Gasteiger partial charge in [0.2, 0.25) is 0 Å². The first-order valence-corrected chi connectivity index (χ1v) is 4.84. The largest absolute Gasteiger partial charge is 0.293 e. The summed E-state index contributed by atoms with van der Waals surface area (Å²) >= 11 is 0. The molecule has 15 heavy (non-hydrogen) atoms. The van der Waals surface area contributed by atoms with E-state index in [1.807, 2.05) is 32.0 Å². The van der Waals surface area contributed by atoms with Crippen molar-refractivity contribution in [1.82, 2.24) is 9.97 Å². The summed E-state index contributed by atoms with van der Waals surface area (Å²) in [6, 6.07) is 5.83. The first-order valence-electron chi connectivity index (χ1n) is 4.84. The average Bonchev–Trinajstić information content (AvgIpc) is 2.15. The van der Waals surface area contributed by atoms with E-state index < -0.39 is 0 Å². The van der Waals surface area contributed by atoms with Crippen LogP contribution in [-0.2, 0) is 0 Å². The molecule has 0 amide bonds. The lowest BCUT2D eigenvalue weighted by atomic mass is 10.2. The summed E-state index contributed by atoms with van der Waals surface area (Å²) in [5, 5.41) is 0. The summed E-state index contributed by atoms with van der Waals surface area (Å²) in [4.78, 5) is 20.0. The maximum Gasteiger partial charge on any atom is 0.179 e. The highest BCUT2D eigenvalue weighted by atomic mass is 16.1. The van der Waals surface area contributed by atoms with Crippen LogP contribution in [0.2, 0.25) is 0 Å². The molecule has 0 N–H and O–H groups in total. The van der Waals surface area contributed by atoms with Gasteiger partial charge in [-0.1, -0.05) is 6.07 Å². The standard InChI is InChI=1S/C12H12N2O/c1-7-4-5-10-11(6-7)13-8(2)12(14-10)9(3)15/h4-6H,1-3H3. The van der Waals surface area contributed by atoms with E-state index in [2.05, 4.69) is 9.97 Å². The van der Waals surface area contributed by atoms with Gasteiger partial charge in [-0.3, -0.25) is 4.79 Å². The molecule has 0 spiro atoms. The monoisotopic (exact) mass is 200 g/mol. The lowest BCUT2D eigenvalue weighted by Gasteiger charge is -2.03. The number of aryl methyl sites for hydroxylation is 2. The first kappa shape index (κ1) is 9.77. The quantitative estimate of drug-likeness (QED) is 0.664. The van der Waals surface area contributed by atoms with Crippen LogP contribution in [0.4, 0.5) is 0 Å². The van der Waals surface area contributed by atoms with Gasteiger partial charge in [-0.05, 0) is 31.5 Å². The van der Waals surface area contributed by atoms with Gasteiger partial charge >= 0.3 is 0 Å². The number of ketones is 1. The summed E-state index contributed by atoms with van der Waals surface area (Å²) in [6.07, 6.45) is 0. The second kappa shape index (κ2) is 3.42. The number of benzene rings is 1. The van der Waals surface area contributed by atoms with Gasteiger partial charge in [0.15, 0.2) is 5.78 Å². The molecule has 0 unspecified atom stereocenters. The van der Waals surface area contributed by atoms with Crippen LogP contribution in [0.15, 0.2) is 18.2 Å². The van der Waals surface area contributed by atoms with Crippen LogP contribution in [0.3, 0.4) is 0 Å². The summed E-state index contributed by atoms with van der Waals surface area (Å²) in [6.45, 7) is 5.33. The van der Waals surface area contributed by atoms with Gasteiger partial charge in [-0.25, -0.2) is 9.97 Å². The predicted octanol–water partition coefficient (Wildman–Crippen LogP) is 2.45. The Kier molecular flexibility index (Phi) is 2.23. The molecule has 0 radical (unpaired) electrons. The molecule has 0 aliphatic rings. The topological polar surface area (TPSA) is 42.9 Å². The highest BCUT2D eigenvalue weighted by molar-refractivity contribution is 5.95. The Morgan fingerprint density at radius 1 is 1.13 bits per heavy atom. The van der Waals surface area contributed by atoms with Crippen LogP contribution in [-0.4, -0.2) is 15.8 Å². The molecule has 2 rings (SSSR count). The fourth-order valence-corrected chi connectivity index (χ4v) is 1.59. The van der Waals surface area contributed by atoms with E-state index in [9.17, 15) is 4.79 Å². The molecule has 1 aromatic heterocycles. The van der Waals surface area contributed by atoms with Crippen molar-refractivity contribution in [2.24, 2.45) is 0 Å². The van der Waals surface area contributed by atoms with Gasteiger partial charge in [0, 0.05) is 6.92 Å². The number of nitrogens with zero attached hydrogens (tertiary/aromatic N) is 2. The number of fused-ring (bicyclic) bond motifs is 1. The van der Waals surface area contributed by atoms with Gasteiger partial charge in [-0.2, -0.15) is 0 Å². The SMILES string of the molecule is CC(=O)c1nc2ccc(C)cc2nc1C. The number of hydrogen-bond donors (Lipinski definition) is 0. The zero-order chi connectivity index (χ0) is 11.0. The van der Waals surface area contributed by atoms with Crippen molar-refractivity contribution < 1.29 is 4.79 Å². The molecule has 3 nitrogen and oxygen atoms in total. The molecular weight excluding hydrogens is 188 g/mol. The zero-order valence-corrected chi connectivity index (χ0v) is 9.03. The van der Waals surface area contributed by atoms with Gasteiger partial charge in [0.25, 0.3) is 0 Å². The van der Waals surface area contributed by atoms with E-state index in [-0.39, 0.29) is 5.78 Å². The molecule has 0 atom stereocenters. The normalized spacial score (nSPS) is 10.6. The van der Waals surface area contributed by atoms with Crippen molar-refractivity contribution in [3.8, 4) is 0 Å². The highest BCUT2D eigenvalue weighted by Crippen LogP contribution is 2.14. The number of hydrogen-bond acceptors (Lipinski definition) is 3. The van der Waals surface area contributed by atoms with Gasteiger partial charge in [0.05, 0.1) is 16.7 Å². The average molecular weight is 200 g/mol. The van der Waals surface area contributed by atoms with E-state index in [4.69, 9.17) is 0 Å². The summed E-state index contributed by atoms with van der Waals surface area (Å²) in [5.41, 5.74) is 3.92. The fraction of sp³-hybridized carbons (Fsp3) is 0.250. The molecule has 2 aromatic rings. The highest BCUT2D eigenvalue weighted by Gasteiger charge is 2.08. The minimum absolute atomic E-state index is 0.0394. The van der Waals surface area contributed by atoms with E-state index in [0.29, 0.717) is 11.4 Å². The van der Waals surface area contributed by atoms with Crippen LogP contribution < -0.4 is 0 Å². The van der Waals surface area contributed by atoms with E-state index in [1.165, 1.54) is 6.92 Å². The maximum absolute atomic E-state index is 11.3. The van der Waals surface area contributed by atoms with Crippen molar-refractivity contribution in [1.29, 1.82) is 0 Å². The number of carbonyl (C=O) groups excluding carboxylic acids is 1. The minimum atomic E-state index is -0.0394. The number of rotatable bonds is 1. The van der Waals surface area contributed by atoms with Crippen LogP contribution in [0.25, 0.3) is 11.0 Å². The molecule has 0 aliphatic carbocycles. The van der Waals surface area contributed by atoms with E-state index in [1.54, 1.807) is 0 Å². The molecule has 0 aliphatic heterocycles. The zero-order valence-electron chi connectivity index (χ0n) is 9.03. The summed E-state index contributed by atoms with van der Waals surface area (Å²) in [5.74, 6) is -0.0394. The lowest BCUT2D eigenvalue weighted by molar-refractivity contribution is 0.101. The van der Waals surface area contributed by atoms with Gasteiger partial charge < -0.3 is 0 Å². The van der Waals surface area contributed by atoms with Crippen LogP contribution in [0.5, 0.6) is 0 Å². The number of Topliss-reactive ketones (excluding diaryl/α,β-unsaturated/α-hetero) is 1. The van der Waals surface area contributed by atoms with Gasteiger partial charge in [0.1, 0.15) is 5.69 Å². The van der Waals surface area contributed by atoms with E-state index >= 15 is 0 Å². The second-order valence-electron chi connectivity index (χ2n) is 3.71. The lowest BCUT2D eigenvalue weighted by Crippen LogP contribution is -2.03. The first-order chi connectivity index (χ1) is 7.08. The third-order valence-electron chi connectivity index (χ3n) is 2.33. The third-order valence-corrected chi connectivity index (χ3v) is 2.33.